The summed E-state index contributed by atoms with van der Waals surface area (Å²) >= 11 is 0. The summed E-state index contributed by atoms with van der Waals surface area (Å²) < 4.78 is 33.7. The molecule has 1 fully saturated rings. The third-order valence-corrected chi connectivity index (χ3v) is 2.83. The van der Waals surface area contributed by atoms with Gasteiger partial charge in [0.2, 0.25) is 0 Å². The number of nitrogens with two attached hydrogens (primary N) is 1. The minimum absolute atomic E-state index is 0.436. The molecular weight excluding hydrogens is 263 g/mol. The lowest BCUT2D eigenvalue weighted by molar-refractivity contribution is -0.192. The average Bonchev–Trinajstić information content (AvgIpc) is 2.90. The maximum atomic E-state index is 10.6. The molecule has 0 radical (unpaired) electrons. The summed E-state index contributed by atoms with van der Waals surface area (Å²) in [5.41, 5.74) is 5.82. The van der Waals surface area contributed by atoms with Gasteiger partial charge >= 0.3 is 12.1 Å². The molecule has 2 rings (SSSR count). The molecule has 19 heavy (non-hydrogen) atoms. The van der Waals surface area contributed by atoms with Crippen molar-refractivity contribution < 1.29 is 23.1 Å². The van der Waals surface area contributed by atoms with Crippen molar-refractivity contribution in [2.45, 2.75) is 38.0 Å². The lowest BCUT2D eigenvalue weighted by atomic mass is 10.1. The molecule has 1 aromatic rings. The van der Waals surface area contributed by atoms with E-state index in [2.05, 4.69) is 5.10 Å². The van der Waals surface area contributed by atoms with Gasteiger partial charge in [0.05, 0.1) is 0 Å². The van der Waals surface area contributed by atoms with Gasteiger partial charge in [-0.25, -0.2) is 4.79 Å². The second-order valence-electron chi connectivity index (χ2n) is 4.47. The van der Waals surface area contributed by atoms with Gasteiger partial charge in [0.15, 0.2) is 0 Å². The van der Waals surface area contributed by atoms with Crippen LogP contribution in [-0.4, -0.2) is 33.1 Å². The molecule has 0 saturated heterocycles. The number of hydrogen-bond acceptors (Lipinski definition) is 3. The van der Waals surface area contributed by atoms with E-state index in [9.17, 15) is 13.2 Å². The predicted molar refractivity (Wildman–Crippen MR) is 61.2 cm³/mol. The Labute approximate surface area is 108 Å². The number of halogens is 3. The van der Waals surface area contributed by atoms with Crippen LogP contribution in [0.1, 0.15) is 19.3 Å². The summed E-state index contributed by atoms with van der Waals surface area (Å²) in [6.07, 6.45) is 2.38. The van der Waals surface area contributed by atoms with Crippen molar-refractivity contribution in [3.05, 3.63) is 18.5 Å². The second-order valence-corrected chi connectivity index (χ2v) is 4.47. The SMILES string of the molecule is N[C@H]1CC[C@@H](Cn2cccn2)C1.O=C(O)C(F)(F)F. The van der Waals surface area contributed by atoms with Crippen LogP contribution in [0.2, 0.25) is 0 Å². The molecule has 0 bridgehead atoms. The topological polar surface area (TPSA) is 81.1 Å². The van der Waals surface area contributed by atoms with E-state index in [-0.39, 0.29) is 0 Å². The van der Waals surface area contributed by atoms with Crippen LogP contribution in [0.25, 0.3) is 0 Å². The first-order valence-electron chi connectivity index (χ1n) is 5.82. The van der Waals surface area contributed by atoms with Crippen LogP contribution in [0.5, 0.6) is 0 Å². The van der Waals surface area contributed by atoms with E-state index >= 15 is 0 Å². The van der Waals surface area contributed by atoms with Crippen LogP contribution in [0.15, 0.2) is 18.5 Å². The number of aliphatic carboxylic acids is 1. The Morgan fingerprint density at radius 3 is 2.47 bits per heavy atom. The summed E-state index contributed by atoms with van der Waals surface area (Å²) in [5.74, 6) is -2.01. The minimum Gasteiger partial charge on any atom is -0.475 e. The largest absolute Gasteiger partial charge is 0.490 e. The van der Waals surface area contributed by atoms with Crippen molar-refractivity contribution in [1.82, 2.24) is 9.78 Å². The third kappa shape index (κ3) is 5.73. The van der Waals surface area contributed by atoms with Crippen molar-refractivity contribution in [2.75, 3.05) is 0 Å². The summed E-state index contributed by atoms with van der Waals surface area (Å²) in [6, 6.07) is 2.40. The third-order valence-electron chi connectivity index (χ3n) is 2.83. The molecule has 0 aliphatic heterocycles. The van der Waals surface area contributed by atoms with E-state index in [1.54, 1.807) is 0 Å². The fourth-order valence-electron chi connectivity index (χ4n) is 1.95. The van der Waals surface area contributed by atoms with Gasteiger partial charge in [-0.1, -0.05) is 0 Å². The zero-order chi connectivity index (χ0) is 14.5. The van der Waals surface area contributed by atoms with Gasteiger partial charge in [0.1, 0.15) is 0 Å². The normalized spacial score (nSPS) is 22.7. The van der Waals surface area contributed by atoms with Crippen LogP contribution in [0.3, 0.4) is 0 Å². The molecule has 1 saturated carbocycles. The first-order valence-corrected chi connectivity index (χ1v) is 5.82. The van der Waals surface area contributed by atoms with Crippen LogP contribution >= 0.6 is 0 Å². The first-order chi connectivity index (χ1) is 8.79. The van der Waals surface area contributed by atoms with Crippen molar-refractivity contribution in [3.63, 3.8) is 0 Å². The minimum atomic E-state index is -5.08. The molecule has 3 N–H and O–H groups in total. The molecular formula is C11H16F3N3O2. The summed E-state index contributed by atoms with van der Waals surface area (Å²) in [6.45, 7) is 1.04. The highest BCUT2D eigenvalue weighted by Gasteiger charge is 2.38. The highest BCUT2D eigenvalue weighted by Crippen LogP contribution is 2.25. The molecule has 1 aromatic heterocycles. The molecule has 0 spiro atoms. The Hall–Kier alpha value is -1.57. The van der Waals surface area contributed by atoms with Gasteiger partial charge in [-0.05, 0) is 31.2 Å². The Bertz CT molecular complexity index is 392. The number of nitrogens with zero attached hydrogens (tertiary/aromatic N) is 2. The van der Waals surface area contributed by atoms with Gasteiger partial charge in [0, 0.05) is 25.0 Å². The van der Waals surface area contributed by atoms with Gasteiger partial charge in [0.25, 0.3) is 0 Å². The number of rotatable bonds is 2. The molecule has 2 atom stereocenters. The van der Waals surface area contributed by atoms with Gasteiger partial charge < -0.3 is 10.8 Å². The molecule has 0 aromatic carbocycles. The fraction of sp³-hybridized carbons (Fsp3) is 0.636. The number of aromatic nitrogens is 2. The monoisotopic (exact) mass is 279 g/mol. The van der Waals surface area contributed by atoms with Gasteiger partial charge in [-0.15, -0.1) is 0 Å². The predicted octanol–water partition coefficient (Wildman–Crippen LogP) is 1.64. The maximum absolute atomic E-state index is 10.6. The van der Waals surface area contributed by atoms with E-state index < -0.39 is 12.1 Å². The second kappa shape index (κ2) is 6.55. The van der Waals surface area contributed by atoms with Crippen LogP contribution in [0, 0.1) is 5.92 Å². The molecule has 1 heterocycles. The Morgan fingerprint density at radius 2 is 2.11 bits per heavy atom. The Morgan fingerprint density at radius 1 is 1.47 bits per heavy atom. The number of carboxylic acid groups (broad SMARTS) is 1. The lowest BCUT2D eigenvalue weighted by Gasteiger charge is -2.08. The molecule has 108 valence electrons. The highest BCUT2D eigenvalue weighted by molar-refractivity contribution is 5.73. The summed E-state index contributed by atoms with van der Waals surface area (Å²) in [7, 11) is 0. The molecule has 8 heteroatoms. The van der Waals surface area contributed by atoms with E-state index in [4.69, 9.17) is 15.6 Å². The molecule has 5 nitrogen and oxygen atoms in total. The highest BCUT2D eigenvalue weighted by atomic mass is 19.4. The van der Waals surface area contributed by atoms with E-state index in [0.717, 1.165) is 12.5 Å². The molecule has 1 aliphatic carbocycles. The smallest absolute Gasteiger partial charge is 0.475 e. The van der Waals surface area contributed by atoms with Crippen molar-refractivity contribution in [3.8, 4) is 0 Å². The van der Waals surface area contributed by atoms with Gasteiger partial charge in [-0.3, -0.25) is 4.68 Å². The molecule has 1 aliphatic rings. The average molecular weight is 279 g/mol. The zero-order valence-corrected chi connectivity index (χ0v) is 10.2. The fourth-order valence-corrected chi connectivity index (χ4v) is 1.95. The number of alkyl halides is 3. The standard InChI is InChI=1S/C9H15N3.C2HF3O2/c10-9-3-2-8(6-9)7-12-5-1-4-11-12;3-2(4,5)1(6)7/h1,4-5,8-9H,2-3,6-7,10H2;(H,6,7)/t8-,9+;/m1./s1. The first kappa shape index (κ1) is 15.5. The van der Waals surface area contributed by atoms with E-state index in [1.807, 2.05) is 23.1 Å². The number of hydrogen-bond donors (Lipinski definition) is 2. The zero-order valence-electron chi connectivity index (χ0n) is 10.2. The summed E-state index contributed by atoms with van der Waals surface area (Å²) in [4.78, 5) is 8.90. The van der Waals surface area contributed by atoms with Crippen LogP contribution in [0.4, 0.5) is 13.2 Å². The molecule has 0 amide bonds. The summed E-state index contributed by atoms with van der Waals surface area (Å²) in [5, 5.41) is 11.3. The van der Waals surface area contributed by atoms with Crippen molar-refractivity contribution in [1.29, 1.82) is 0 Å². The quantitative estimate of drug-likeness (QED) is 0.862. The van der Waals surface area contributed by atoms with Crippen molar-refractivity contribution >= 4 is 5.97 Å². The Kier molecular flexibility index (Phi) is 5.34. The maximum Gasteiger partial charge on any atom is 0.490 e. The van der Waals surface area contributed by atoms with Gasteiger partial charge in [-0.2, -0.15) is 18.3 Å². The molecule has 0 unspecified atom stereocenters. The van der Waals surface area contributed by atoms with Crippen LogP contribution in [-0.2, 0) is 11.3 Å². The van der Waals surface area contributed by atoms with Crippen LogP contribution < -0.4 is 5.73 Å². The lowest BCUT2D eigenvalue weighted by Crippen LogP contribution is -2.21. The van der Waals surface area contributed by atoms with E-state index in [1.165, 1.54) is 19.3 Å². The van der Waals surface area contributed by atoms with E-state index in [0.29, 0.717) is 6.04 Å². The Balaban J connectivity index is 0.000000224. The number of carbonyl (C=O) groups is 1. The number of carboxylic acids is 1. The van der Waals surface area contributed by atoms with Crippen molar-refractivity contribution in [2.24, 2.45) is 11.7 Å².